The molecule has 0 fully saturated rings. The number of aromatic nitrogens is 2. The van der Waals surface area contributed by atoms with Gasteiger partial charge in [0.25, 0.3) is 5.56 Å². The Kier molecular flexibility index (Phi) is 3.28. The maximum Gasteiger partial charge on any atom is 0.275 e. The maximum absolute atomic E-state index is 11.7. The Balaban J connectivity index is 2.59. The van der Waals surface area contributed by atoms with Crippen LogP contribution in [0.15, 0.2) is 35.1 Å². The summed E-state index contributed by atoms with van der Waals surface area (Å²) in [5, 5.41) is 14.0. The van der Waals surface area contributed by atoms with Crippen LogP contribution in [0, 0.1) is 6.92 Å². The highest BCUT2D eigenvalue weighted by Gasteiger charge is 2.07. The summed E-state index contributed by atoms with van der Waals surface area (Å²) in [5.41, 5.74) is 1.88. The van der Waals surface area contributed by atoms with E-state index >= 15 is 0 Å². The largest absolute Gasteiger partial charge is 0.506 e. The van der Waals surface area contributed by atoms with Crippen LogP contribution in [0.1, 0.15) is 11.3 Å². The number of rotatable bonds is 2. The van der Waals surface area contributed by atoms with Crippen LogP contribution >= 0.6 is 15.9 Å². The number of hydrogen-bond donors (Lipinski definition) is 1. The van der Waals surface area contributed by atoms with Gasteiger partial charge in [-0.25, -0.2) is 0 Å². The van der Waals surface area contributed by atoms with Crippen molar-refractivity contribution in [2.24, 2.45) is 0 Å². The molecule has 1 aromatic carbocycles. The van der Waals surface area contributed by atoms with Crippen LogP contribution in [0.5, 0.6) is 5.75 Å². The zero-order chi connectivity index (χ0) is 12.4. The molecule has 0 aliphatic rings. The molecule has 0 unspecified atom stereocenters. The summed E-state index contributed by atoms with van der Waals surface area (Å²) >= 11 is 3.21. The molecule has 1 heterocycles. The fraction of sp³-hybridized carbons (Fsp3) is 0.167. The minimum absolute atomic E-state index is 0.0877. The van der Waals surface area contributed by atoms with Crippen molar-refractivity contribution in [2.75, 3.05) is 0 Å². The molecule has 1 N–H and O–H groups in total. The molecular formula is C12H11BrN2O2. The van der Waals surface area contributed by atoms with Gasteiger partial charge in [-0.1, -0.05) is 33.6 Å². The topological polar surface area (TPSA) is 55.1 Å². The van der Waals surface area contributed by atoms with Crippen molar-refractivity contribution in [1.82, 2.24) is 9.78 Å². The van der Waals surface area contributed by atoms with Crippen molar-refractivity contribution in [3.8, 4) is 11.4 Å². The molecule has 4 nitrogen and oxygen atoms in total. The molecule has 0 saturated heterocycles. The first-order valence-electron chi connectivity index (χ1n) is 5.07. The van der Waals surface area contributed by atoms with E-state index < -0.39 is 0 Å². The highest BCUT2D eigenvalue weighted by atomic mass is 79.9. The molecule has 2 rings (SSSR count). The summed E-state index contributed by atoms with van der Waals surface area (Å²) in [5.74, 6) is -0.0877. The second kappa shape index (κ2) is 4.71. The molecular weight excluding hydrogens is 284 g/mol. The van der Waals surface area contributed by atoms with Crippen molar-refractivity contribution in [3.05, 3.63) is 51.9 Å². The van der Waals surface area contributed by atoms with Crippen LogP contribution in [0.2, 0.25) is 0 Å². The molecule has 0 aliphatic heterocycles. The van der Waals surface area contributed by atoms with Crippen LogP contribution < -0.4 is 5.56 Å². The molecule has 17 heavy (non-hydrogen) atoms. The number of nitrogens with zero attached hydrogens (tertiary/aromatic N) is 2. The molecule has 0 amide bonds. The lowest BCUT2D eigenvalue weighted by molar-refractivity contribution is 0.460. The Morgan fingerprint density at radius 3 is 2.59 bits per heavy atom. The SMILES string of the molecule is Cc1ccc(-n2nc(CBr)c(O)cc2=O)cc1. The Morgan fingerprint density at radius 2 is 2.00 bits per heavy atom. The fourth-order valence-corrected chi connectivity index (χ4v) is 1.85. The lowest BCUT2D eigenvalue weighted by Gasteiger charge is -2.07. The third-order valence-electron chi connectivity index (χ3n) is 2.39. The lowest BCUT2D eigenvalue weighted by atomic mass is 10.2. The zero-order valence-electron chi connectivity index (χ0n) is 9.22. The normalized spacial score (nSPS) is 10.5. The fourth-order valence-electron chi connectivity index (χ4n) is 1.45. The van der Waals surface area contributed by atoms with E-state index in [0.717, 1.165) is 5.56 Å². The van der Waals surface area contributed by atoms with E-state index in [1.807, 2.05) is 31.2 Å². The van der Waals surface area contributed by atoms with Crippen molar-refractivity contribution < 1.29 is 5.11 Å². The number of hydrogen-bond acceptors (Lipinski definition) is 3. The molecule has 0 spiro atoms. The number of benzene rings is 1. The minimum atomic E-state index is -0.351. The second-order valence-corrected chi connectivity index (χ2v) is 4.26. The Morgan fingerprint density at radius 1 is 1.35 bits per heavy atom. The Hall–Kier alpha value is -1.62. The second-order valence-electron chi connectivity index (χ2n) is 3.70. The quantitative estimate of drug-likeness (QED) is 0.864. The van der Waals surface area contributed by atoms with E-state index in [0.29, 0.717) is 16.7 Å². The molecule has 0 bridgehead atoms. The smallest absolute Gasteiger partial charge is 0.275 e. The molecule has 2 aromatic rings. The first kappa shape index (κ1) is 11.9. The monoisotopic (exact) mass is 294 g/mol. The summed E-state index contributed by atoms with van der Waals surface area (Å²) in [6, 6.07) is 8.62. The summed E-state index contributed by atoms with van der Waals surface area (Å²) in [6.45, 7) is 1.97. The summed E-state index contributed by atoms with van der Waals surface area (Å²) in [4.78, 5) is 11.7. The van der Waals surface area contributed by atoms with Gasteiger partial charge in [0.2, 0.25) is 0 Å². The molecule has 0 saturated carbocycles. The average molecular weight is 295 g/mol. The van der Waals surface area contributed by atoms with Gasteiger partial charge in [0.1, 0.15) is 11.4 Å². The van der Waals surface area contributed by atoms with Gasteiger partial charge in [0.05, 0.1) is 11.0 Å². The minimum Gasteiger partial charge on any atom is -0.506 e. The average Bonchev–Trinajstić information content (AvgIpc) is 2.31. The van der Waals surface area contributed by atoms with Gasteiger partial charge >= 0.3 is 0 Å². The van der Waals surface area contributed by atoms with E-state index in [4.69, 9.17) is 0 Å². The summed E-state index contributed by atoms with van der Waals surface area (Å²) in [6.07, 6.45) is 0. The number of aromatic hydroxyl groups is 1. The van der Waals surface area contributed by atoms with Gasteiger partial charge in [0.15, 0.2) is 0 Å². The lowest BCUT2D eigenvalue weighted by Crippen LogP contribution is -2.21. The molecule has 0 atom stereocenters. The van der Waals surface area contributed by atoms with Crippen LogP contribution in [0.25, 0.3) is 5.69 Å². The summed E-state index contributed by atoms with van der Waals surface area (Å²) < 4.78 is 1.27. The van der Waals surface area contributed by atoms with E-state index in [1.165, 1.54) is 10.7 Å². The molecule has 0 radical (unpaired) electrons. The molecule has 88 valence electrons. The van der Waals surface area contributed by atoms with Crippen LogP contribution in [0.3, 0.4) is 0 Å². The van der Waals surface area contributed by atoms with Gasteiger partial charge in [-0.2, -0.15) is 9.78 Å². The number of halogens is 1. The van der Waals surface area contributed by atoms with E-state index in [-0.39, 0.29) is 11.3 Å². The van der Waals surface area contributed by atoms with Gasteiger partial charge < -0.3 is 5.11 Å². The van der Waals surface area contributed by atoms with Gasteiger partial charge in [-0.05, 0) is 19.1 Å². The van der Waals surface area contributed by atoms with Crippen LogP contribution in [-0.4, -0.2) is 14.9 Å². The number of aryl methyl sites for hydroxylation is 1. The van der Waals surface area contributed by atoms with Crippen molar-refractivity contribution in [2.45, 2.75) is 12.3 Å². The predicted octanol–water partition coefficient (Wildman–Crippen LogP) is 2.14. The van der Waals surface area contributed by atoms with E-state index in [1.54, 1.807) is 0 Å². The van der Waals surface area contributed by atoms with Gasteiger partial charge in [0, 0.05) is 6.07 Å². The van der Waals surface area contributed by atoms with Gasteiger partial charge in [-0.15, -0.1) is 0 Å². The predicted molar refractivity (Wildman–Crippen MR) is 68.9 cm³/mol. The first-order valence-corrected chi connectivity index (χ1v) is 6.19. The summed E-state index contributed by atoms with van der Waals surface area (Å²) in [7, 11) is 0. The Bertz CT molecular complexity index is 590. The van der Waals surface area contributed by atoms with Crippen molar-refractivity contribution in [3.63, 3.8) is 0 Å². The van der Waals surface area contributed by atoms with Crippen molar-refractivity contribution in [1.29, 1.82) is 0 Å². The maximum atomic E-state index is 11.7. The Labute approximate surface area is 107 Å². The third kappa shape index (κ3) is 2.39. The zero-order valence-corrected chi connectivity index (χ0v) is 10.8. The number of alkyl halides is 1. The van der Waals surface area contributed by atoms with Gasteiger partial charge in [-0.3, -0.25) is 4.79 Å². The van der Waals surface area contributed by atoms with Crippen molar-refractivity contribution >= 4 is 15.9 Å². The molecule has 5 heteroatoms. The van der Waals surface area contributed by atoms with Crippen LogP contribution in [-0.2, 0) is 5.33 Å². The van der Waals surface area contributed by atoms with Crippen LogP contribution in [0.4, 0.5) is 0 Å². The highest BCUT2D eigenvalue weighted by molar-refractivity contribution is 9.08. The molecule has 1 aromatic heterocycles. The standard InChI is InChI=1S/C12H11BrN2O2/c1-8-2-4-9(5-3-8)15-12(17)6-11(16)10(7-13)14-15/h2-6,16H,7H2,1H3. The highest BCUT2D eigenvalue weighted by Crippen LogP contribution is 2.15. The van der Waals surface area contributed by atoms with E-state index in [9.17, 15) is 9.90 Å². The first-order chi connectivity index (χ1) is 8.11. The molecule has 0 aliphatic carbocycles. The third-order valence-corrected chi connectivity index (χ3v) is 2.92. The van der Waals surface area contributed by atoms with E-state index in [2.05, 4.69) is 21.0 Å².